The predicted octanol–water partition coefficient (Wildman–Crippen LogP) is 4.93. The Bertz CT molecular complexity index is 1080. The number of aromatic nitrogens is 4. The van der Waals surface area contributed by atoms with Gasteiger partial charge in [0.15, 0.2) is 11.5 Å². The van der Waals surface area contributed by atoms with E-state index in [1.165, 1.54) is 29.8 Å². The molecule has 160 valence electrons. The summed E-state index contributed by atoms with van der Waals surface area (Å²) in [5, 5.41) is 9.94. The van der Waals surface area contributed by atoms with Crippen LogP contribution in [0.25, 0.3) is 0 Å². The van der Waals surface area contributed by atoms with E-state index in [2.05, 4.69) is 15.5 Å². The largest absolute Gasteiger partial charge is 0.436 e. The number of hydrogen-bond acceptors (Lipinski definition) is 3. The molecule has 30 heavy (non-hydrogen) atoms. The Hall–Kier alpha value is -2.59. The highest BCUT2D eigenvalue weighted by molar-refractivity contribution is 6.32. The lowest BCUT2D eigenvalue weighted by molar-refractivity contribution is -0.141. The predicted molar refractivity (Wildman–Crippen MR) is 103 cm³/mol. The molecule has 1 amide bonds. The number of carbonyl (C=O) groups excluding carboxylic acids is 1. The van der Waals surface area contributed by atoms with Crippen molar-refractivity contribution >= 4 is 34.9 Å². The molecule has 0 radical (unpaired) electrons. The molecule has 12 heteroatoms. The van der Waals surface area contributed by atoms with Crippen molar-refractivity contribution in [2.24, 2.45) is 0 Å². The van der Waals surface area contributed by atoms with Gasteiger partial charge < -0.3 is 5.32 Å². The molecular weight excluding hydrogens is 449 g/mol. The molecule has 0 saturated heterocycles. The number of benzene rings is 1. The fourth-order valence-electron chi connectivity index (χ4n) is 2.68. The Balaban J connectivity index is 1.59. The van der Waals surface area contributed by atoms with Crippen LogP contribution < -0.4 is 5.32 Å². The maximum atomic E-state index is 13.1. The highest BCUT2D eigenvalue weighted by atomic mass is 35.5. The van der Waals surface area contributed by atoms with Crippen LogP contribution in [0.5, 0.6) is 0 Å². The van der Waals surface area contributed by atoms with Gasteiger partial charge in [-0.25, -0.2) is 4.39 Å². The Labute approximate surface area is 178 Å². The monoisotopic (exact) mass is 463 g/mol. The second kappa shape index (κ2) is 8.65. The molecule has 2 aromatic heterocycles. The number of amides is 1. The van der Waals surface area contributed by atoms with Crippen LogP contribution in [-0.2, 0) is 24.1 Å². The van der Waals surface area contributed by atoms with Crippen molar-refractivity contribution in [1.29, 1.82) is 0 Å². The van der Waals surface area contributed by atoms with E-state index in [1.807, 2.05) is 0 Å². The van der Waals surface area contributed by atoms with Gasteiger partial charge in [-0.2, -0.15) is 23.4 Å². The molecule has 0 bridgehead atoms. The van der Waals surface area contributed by atoms with Crippen molar-refractivity contribution in [3.8, 4) is 0 Å². The molecule has 0 aliphatic heterocycles. The van der Waals surface area contributed by atoms with Gasteiger partial charge >= 0.3 is 6.18 Å². The zero-order chi connectivity index (χ0) is 22.1. The number of alkyl halides is 3. The first kappa shape index (κ1) is 22.1. The summed E-state index contributed by atoms with van der Waals surface area (Å²) >= 11 is 11.7. The van der Waals surface area contributed by atoms with Crippen LogP contribution in [0.15, 0.2) is 30.5 Å². The highest BCUT2D eigenvalue weighted by Crippen LogP contribution is 2.35. The van der Waals surface area contributed by atoms with Gasteiger partial charge in [-0.1, -0.05) is 29.3 Å². The van der Waals surface area contributed by atoms with Gasteiger partial charge in [0, 0.05) is 23.7 Å². The normalized spacial score (nSPS) is 11.7. The summed E-state index contributed by atoms with van der Waals surface area (Å²) < 4.78 is 54.2. The van der Waals surface area contributed by atoms with E-state index in [0.29, 0.717) is 5.56 Å². The first-order valence-electron chi connectivity index (χ1n) is 8.62. The van der Waals surface area contributed by atoms with Crippen LogP contribution >= 0.6 is 23.2 Å². The number of anilines is 1. The number of nitrogens with zero attached hydrogens (tertiary/aromatic N) is 4. The van der Waals surface area contributed by atoms with Crippen molar-refractivity contribution in [3.63, 3.8) is 0 Å². The van der Waals surface area contributed by atoms with Crippen molar-refractivity contribution in [3.05, 3.63) is 63.3 Å². The maximum absolute atomic E-state index is 13.1. The average molecular weight is 464 g/mol. The third kappa shape index (κ3) is 5.11. The van der Waals surface area contributed by atoms with Gasteiger partial charge in [0.05, 0.1) is 23.8 Å². The van der Waals surface area contributed by atoms with Crippen LogP contribution in [0.2, 0.25) is 10.0 Å². The van der Waals surface area contributed by atoms with Crippen LogP contribution in [0, 0.1) is 12.7 Å². The Morgan fingerprint density at radius 3 is 2.57 bits per heavy atom. The lowest BCUT2D eigenvalue weighted by Gasteiger charge is -2.06. The lowest BCUT2D eigenvalue weighted by Crippen LogP contribution is -2.16. The molecule has 1 aromatic carbocycles. The summed E-state index contributed by atoms with van der Waals surface area (Å²) in [4.78, 5) is 12.1. The topological polar surface area (TPSA) is 64.7 Å². The van der Waals surface area contributed by atoms with E-state index in [-0.39, 0.29) is 36.0 Å². The molecule has 0 atom stereocenters. The van der Waals surface area contributed by atoms with Crippen molar-refractivity contribution < 1.29 is 22.4 Å². The number of carbonyl (C=O) groups is 1. The van der Waals surface area contributed by atoms with Crippen molar-refractivity contribution in [2.45, 2.75) is 32.6 Å². The zero-order valence-electron chi connectivity index (χ0n) is 15.5. The third-order valence-electron chi connectivity index (χ3n) is 4.21. The minimum absolute atomic E-state index is 0.0840. The van der Waals surface area contributed by atoms with Crippen molar-refractivity contribution in [1.82, 2.24) is 19.6 Å². The van der Waals surface area contributed by atoms with Crippen LogP contribution in [0.3, 0.4) is 0 Å². The maximum Gasteiger partial charge on any atom is 0.436 e. The summed E-state index contributed by atoms with van der Waals surface area (Å²) in [5.41, 5.74) is -0.414. The molecule has 3 aromatic rings. The second-order valence-electron chi connectivity index (χ2n) is 6.40. The average Bonchev–Trinajstić information content (AvgIpc) is 3.20. The number of rotatable bonds is 6. The SMILES string of the molecule is Cc1c(Cl)c(C(F)(F)F)nn1CCC(=O)Nc1ccn(Cc2ccc(F)cc2Cl)n1. The minimum atomic E-state index is -4.67. The van der Waals surface area contributed by atoms with Gasteiger partial charge in [0.1, 0.15) is 5.82 Å². The van der Waals surface area contributed by atoms with Crippen LogP contribution in [0.4, 0.5) is 23.4 Å². The van der Waals surface area contributed by atoms with E-state index in [4.69, 9.17) is 23.2 Å². The Morgan fingerprint density at radius 2 is 1.93 bits per heavy atom. The van der Waals surface area contributed by atoms with Crippen LogP contribution in [0.1, 0.15) is 23.4 Å². The number of hydrogen-bond donors (Lipinski definition) is 1. The quantitative estimate of drug-likeness (QED) is 0.527. The molecule has 0 aliphatic carbocycles. The first-order valence-corrected chi connectivity index (χ1v) is 9.37. The summed E-state index contributed by atoms with van der Waals surface area (Å²) in [7, 11) is 0. The second-order valence-corrected chi connectivity index (χ2v) is 7.19. The summed E-state index contributed by atoms with van der Waals surface area (Å²) in [6.07, 6.45) is -3.20. The smallest absolute Gasteiger partial charge is 0.309 e. The van der Waals surface area contributed by atoms with Crippen molar-refractivity contribution in [2.75, 3.05) is 5.32 Å². The van der Waals surface area contributed by atoms with Gasteiger partial charge in [-0.3, -0.25) is 14.2 Å². The summed E-state index contributed by atoms with van der Waals surface area (Å²) in [6.45, 7) is 1.57. The lowest BCUT2D eigenvalue weighted by atomic mass is 10.2. The molecular formula is C18H15Cl2F4N5O. The fourth-order valence-corrected chi connectivity index (χ4v) is 3.15. The minimum Gasteiger partial charge on any atom is -0.309 e. The summed E-state index contributed by atoms with van der Waals surface area (Å²) in [5.74, 6) is -0.655. The molecule has 0 aliphatic rings. The summed E-state index contributed by atoms with van der Waals surface area (Å²) in [6, 6.07) is 5.55. The molecule has 1 N–H and O–H groups in total. The van der Waals surface area contributed by atoms with E-state index in [9.17, 15) is 22.4 Å². The van der Waals surface area contributed by atoms with Crippen LogP contribution in [-0.4, -0.2) is 25.5 Å². The number of nitrogens with one attached hydrogen (secondary N) is 1. The molecule has 3 rings (SSSR count). The van der Waals surface area contributed by atoms with Gasteiger partial charge in [0.25, 0.3) is 0 Å². The first-order chi connectivity index (χ1) is 14.0. The van der Waals surface area contributed by atoms with E-state index < -0.39 is 28.6 Å². The van der Waals surface area contributed by atoms with E-state index in [1.54, 1.807) is 12.3 Å². The van der Waals surface area contributed by atoms with Gasteiger partial charge in [0.2, 0.25) is 5.91 Å². The third-order valence-corrected chi connectivity index (χ3v) is 5.01. The molecule has 2 heterocycles. The number of aryl methyl sites for hydroxylation is 1. The molecule has 0 saturated carbocycles. The standard InChI is InChI=1S/C18H15Cl2F4N5O/c1-10-16(20)17(18(22,23)24)27-29(10)7-5-15(30)25-14-4-6-28(26-14)9-11-2-3-12(21)8-13(11)19/h2-4,6,8H,5,7,9H2,1H3,(H,25,26,30). The molecule has 0 spiro atoms. The van der Waals surface area contributed by atoms with Gasteiger partial charge in [-0.05, 0) is 24.6 Å². The molecule has 0 unspecified atom stereocenters. The molecule has 0 fully saturated rings. The Kier molecular flexibility index (Phi) is 6.37. The number of halogens is 6. The van der Waals surface area contributed by atoms with E-state index in [0.717, 1.165) is 4.68 Å². The fraction of sp³-hybridized carbons (Fsp3) is 0.278. The highest BCUT2D eigenvalue weighted by Gasteiger charge is 2.38. The van der Waals surface area contributed by atoms with Gasteiger partial charge in [-0.15, -0.1) is 0 Å². The zero-order valence-corrected chi connectivity index (χ0v) is 17.0. The van der Waals surface area contributed by atoms with E-state index >= 15 is 0 Å². The Morgan fingerprint density at radius 1 is 1.20 bits per heavy atom. The molecule has 6 nitrogen and oxygen atoms in total.